The van der Waals surface area contributed by atoms with E-state index in [9.17, 15) is 5.11 Å². The molecule has 1 heterocycles. The minimum atomic E-state index is -0.0248. The first-order valence-electron chi connectivity index (χ1n) is 6.81. The van der Waals surface area contributed by atoms with Gasteiger partial charge < -0.3 is 15.7 Å². The van der Waals surface area contributed by atoms with Crippen LogP contribution >= 0.6 is 0 Å². The molecule has 1 aliphatic carbocycles. The lowest BCUT2D eigenvalue weighted by Gasteiger charge is -2.44. The molecule has 0 aromatic heterocycles. The fraction of sp³-hybridized carbons (Fsp3) is 1.00. The van der Waals surface area contributed by atoms with Crippen LogP contribution in [0.2, 0.25) is 0 Å². The number of piperidine rings is 1. The highest BCUT2D eigenvalue weighted by molar-refractivity contribution is 4.93. The molecule has 1 atom stereocenters. The van der Waals surface area contributed by atoms with E-state index in [-0.39, 0.29) is 6.10 Å². The summed E-state index contributed by atoms with van der Waals surface area (Å²) in [4.78, 5) is 0. The Morgan fingerprint density at radius 3 is 2.25 bits per heavy atom. The van der Waals surface area contributed by atoms with Crippen LogP contribution in [0.25, 0.3) is 0 Å². The summed E-state index contributed by atoms with van der Waals surface area (Å²) in [5.74, 6) is 1.52. The minimum absolute atomic E-state index is 0.0248. The molecule has 3 heteroatoms. The molecule has 0 spiro atoms. The van der Waals surface area contributed by atoms with E-state index in [0.717, 1.165) is 31.8 Å². The highest BCUT2D eigenvalue weighted by atomic mass is 16.3. The van der Waals surface area contributed by atoms with Crippen LogP contribution in [0.5, 0.6) is 0 Å². The van der Waals surface area contributed by atoms with Gasteiger partial charge in [-0.05, 0) is 50.6 Å². The van der Waals surface area contributed by atoms with E-state index in [1.54, 1.807) is 0 Å². The summed E-state index contributed by atoms with van der Waals surface area (Å²) in [6.07, 6.45) is 4.57. The van der Waals surface area contributed by atoms with E-state index >= 15 is 0 Å². The lowest BCUT2D eigenvalue weighted by Crippen LogP contribution is -2.52. The second kappa shape index (κ2) is 5.48. The third kappa shape index (κ3) is 2.96. The van der Waals surface area contributed by atoms with Gasteiger partial charge >= 0.3 is 0 Å². The predicted octanol–water partition coefficient (Wildman–Crippen LogP) is 1.12. The Bertz CT molecular complexity index is 208. The summed E-state index contributed by atoms with van der Waals surface area (Å²) in [7, 11) is 0. The van der Waals surface area contributed by atoms with Crippen molar-refractivity contribution in [1.29, 1.82) is 0 Å². The van der Waals surface area contributed by atoms with Crippen molar-refractivity contribution in [3.05, 3.63) is 0 Å². The Kier molecular flexibility index (Phi) is 4.22. The van der Waals surface area contributed by atoms with Gasteiger partial charge in [-0.25, -0.2) is 0 Å². The molecule has 3 N–H and O–H groups in total. The first kappa shape index (κ1) is 12.3. The van der Waals surface area contributed by atoms with Crippen molar-refractivity contribution in [1.82, 2.24) is 10.6 Å². The highest BCUT2D eigenvalue weighted by Gasteiger charge is 2.38. The minimum Gasteiger partial charge on any atom is -0.393 e. The van der Waals surface area contributed by atoms with E-state index < -0.39 is 0 Å². The van der Waals surface area contributed by atoms with Gasteiger partial charge in [0.2, 0.25) is 0 Å². The van der Waals surface area contributed by atoms with Crippen molar-refractivity contribution in [2.75, 3.05) is 13.1 Å². The average Bonchev–Trinajstić information content (AvgIpc) is 2.23. The zero-order chi connectivity index (χ0) is 11.5. The monoisotopic (exact) mass is 226 g/mol. The summed E-state index contributed by atoms with van der Waals surface area (Å²) in [6, 6.07) is 1.18. The fourth-order valence-corrected chi connectivity index (χ4v) is 3.17. The molecule has 2 rings (SSSR count). The van der Waals surface area contributed by atoms with E-state index in [1.807, 2.05) is 0 Å². The summed E-state index contributed by atoms with van der Waals surface area (Å²) in [6.45, 7) is 6.78. The lowest BCUT2D eigenvalue weighted by atomic mass is 9.71. The van der Waals surface area contributed by atoms with Gasteiger partial charge in [0, 0.05) is 12.1 Å². The van der Waals surface area contributed by atoms with E-state index in [4.69, 9.17) is 0 Å². The van der Waals surface area contributed by atoms with Gasteiger partial charge in [-0.3, -0.25) is 0 Å². The number of rotatable bonds is 4. The van der Waals surface area contributed by atoms with Gasteiger partial charge in [0.15, 0.2) is 0 Å². The molecule has 0 radical (unpaired) electrons. The largest absolute Gasteiger partial charge is 0.393 e. The van der Waals surface area contributed by atoms with Crippen molar-refractivity contribution in [2.24, 2.45) is 11.8 Å². The Morgan fingerprint density at radius 1 is 1.12 bits per heavy atom. The van der Waals surface area contributed by atoms with Crippen LogP contribution in [-0.4, -0.2) is 36.4 Å². The highest BCUT2D eigenvalue weighted by Crippen LogP contribution is 2.35. The Hall–Kier alpha value is -0.120. The molecule has 0 unspecified atom stereocenters. The summed E-state index contributed by atoms with van der Waals surface area (Å²) < 4.78 is 0. The second-order valence-electron chi connectivity index (χ2n) is 5.82. The SMILES string of the molecule is CC(C)N[C@H](C1CCNCC1)C1CC(O)C1. The Balaban J connectivity index is 1.90. The topological polar surface area (TPSA) is 44.3 Å². The molecule has 0 aromatic rings. The van der Waals surface area contributed by atoms with Gasteiger partial charge in [0.05, 0.1) is 6.10 Å². The van der Waals surface area contributed by atoms with Crippen LogP contribution in [-0.2, 0) is 0 Å². The molecule has 1 saturated heterocycles. The van der Waals surface area contributed by atoms with Crippen LogP contribution in [0.15, 0.2) is 0 Å². The molecule has 1 aliphatic heterocycles. The molecular formula is C13H26N2O. The molecular weight excluding hydrogens is 200 g/mol. The van der Waals surface area contributed by atoms with Gasteiger partial charge in [-0.15, -0.1) is 0 Å². The third-order valence-corrected chi connectivity index (χ3v) is 4.07. The predicted molar refractivity (Wildman–Crippen MR) is 66.4 cm³/mol. The van der Waals surface area contributed by atoms with Gasteiger partial charge in [0.25, 0.3) is 0 Å². The summed E-state index contributed by atoms with van der Waals surface area (Å²) in [5.41, 5.74) is 0. The maximum Gasteiger partial charge on any atom is 0.0546 e. The number of aliphatic hydroxyl groups excluding tert-OH is 1. The number of aliphatic hydroxyl groups is 1. The molecule has 94 valence electrons. The van der Waals surface area contributed by atoms with Crippen molar-refractivity contribution in [3.8, 4) is 0 Å². The molecule has 0 bridgehead atoms. The first-order chi connectivity index (χ1) is 7.66. The quantitative estimate of drug-likeness (QED) is 0.673. The zero-order valence-electron chi connectivity index (χ0n) is 10.6. The van der Waals surface area contributed by atoms with E-state index in [0.29, 0.717) is 18.0 Å². The second-order valence-corrected chi connectivity index (χ2v) is 5.82. The van der Waals surface area contributed by atoms with Gasteiger partial charge in [0.1, 0.15) is 0 Å². The van der Waals surface area contributed by atoms with Crippen LogP contribution in [0.1, 0.15) is 39.5 Å². The molecule has 0 amide bonds. The van der Waals surface area contributed by atoms with Gasteiger partial charge in [-0.2, -0.15) is 0 Å². The first-order valence-corrected chi connectivity index (χ1v) is 6.81. The average molecular weight is 226 g/mol. The Labute approximate surface area is 99.0 Å². The lowest BCUT2D eigenvalue weighted by molar-refractivity contribution is 0.00710. The maximum atomic E-state index is 9.46. The Morgan fingerprint density at radius 2 is 1.75 bits per heavy atom. The van der Waals surface area contributed by atoms with Crippen LogP contribution in [0.4, 0.5) is 0 Å². The molecule has 0 aromatic carbocycles. The van der Waals surface area contributed by atoms with E-state index in [2.05, 4.69) is 24.5 Å². The number of hydrogen-bond donors (Lipinski definition) is 3. The van der Waals surface area contributed by atoms with Crippen molar-refractivity contribution in [2.45, 2.75) is 57.7 Å². The third-order valence-electron chi connectivity index (χ3n) is 4.07. The molecule has 16 heavy (non-hydrogen) atoms. The van der Waals surface area contributed by atoms with E-state index in [1.165, 1.54) is 12.8 Å². The van der Waals surface area contributed by atoms with Crippen molar-refractivity contribution >= 4 is 0 Å². The van der Waals surface area contributed by atoms with Crippen LogP contribution in [0, 0.1) is 11.8 Å². The summed E-state index contributed by atoms with van der Waals surface area (Å²) >= 11 is 0. The van der Waals surface area contributed by atoms with Crippen LogP contribution in [0.3, 0.4) is 0 Å². The number of hydrogen-bond acceptors (Lipinski definition) is 3. The normalized spacial score (nSPS) is 33.8. The van der Waals surface area contributed by atoms with Crippen molar-refractivity contribution in [3.63, 3.8) is 0 Å². The van der Waals surface area contributed by atoms with Gasteiger partial charge in [-0.1, -0.05) is 13.8 Å². The molecule has 1 saturated carbocycles. The fourth-order valence-electron chi connectivity index (χ4n) is 3.17. The van der Waals surface area contributed by atoms with Crippen molar-refractivity contribution < 1.29 is 5.11 Å². The molecule has 2 fully saturated rings. The standard InChI is InChI=1S/C13H26N2O/c1-9(2)15-13(11-7-12(16)8-11)10-3-5-14-6-4-10/h9-16H,3-8H2,1-2H3/t11?,12?,13-/m1/s1. The summed E-state index contributed by atoms with van der Waals surface area (Å²) in [5, 5.41) is 16.6. The number of nitrogens with one attached hydrogen (secondary N) is 2. The van der Waals surface area contributed by atoms with Crippen LogP contribution < -0.4 is 10.6 Å². The molecule has 2 aliphatic rings. The zero-order valence-corrected chi connectivity index (χ0v) is 10.6. The molecule has 3 nitrogen and oxygen atoms in total. The maximum absolute atomic E-state index is 9.46. The smallest absolute Gasteiger partial charge is 0.0546 e.